The van der Waals surface area contributed by atoms with E-state index in [4.69, 9.17) is 9.15 Å². The Balaban J connectivity index is 1.71. The molecular formula is C21H18N2O3. The number of para-hydroxylation sites is 1. The molecule has 2 N–H and O–H groups in total. The number of nitrogens with one attached hydrogen (secondary N) is 2. The second-order valence-electron chi connectivity index (χ2n) is 6.66. The van der Waals surface area contributed by atoms with Gasteiger partial charge in [0.2, 0.25) is 0 Å². The van der Waals surface area contributed by atoms with E-state index in [0.29, 0.717) is 6.42 Å². The number of aromatic nitrogens is 1. The normalized spacial score (nSPS) is 19.6. The van der Waals surface area contributed by atoms with Crippen LogP contribution in [0.2, 0.25) is 0 Å². The van der Waals surface area contributed by atoms with Crippen molar-refractivity contribution in [2.75, 3.05) is 7.11 Å². The first-order valence-corrected chi connectivity index (χ1v) is 8.64. The zero-order chi connectivity index (χ0) is 17.7. The zero-order valence-electron chi connectivity index (χ0n) is 14.3. The van der Waals surface area contributed by atoms with E-state index in [-0.39, 0.29) is 18.1 Å². The van der Waals surface area contributed by atoms with Crippen LogP contribution in [0.1, 0.15) is 22.9 Å². The first-order valence-electron chi connectivity index (χ1n) is 8.64. The lowest BCUT2D eigenvalue weighted by molar-refractivity contribution is -0.143. The topological polar surface area (TPSA) is 67.3 Å². The highest BCUT2D eigenvalue weighted by Crippen LogP contribution is 2.40. The van der Waals surface area contributed by atoms with Crippen molar-refractivity contribution >= 4 is 16.9 Å². The molecule has 1 aliphatic carbocycles. The third kappa shape index (κ3) is 2.17. The molecule has 130 valence electrons. The third-order valence-corrected chi connectivity index (χ3v) is 5.28. The second-order valence-corrected chi connectivity index (χ2v) is 6.66. The molecule has 2 aliphatic heterocycles. The maximum atomic E-state index is 12.3. The van der Waals surface area contributed by atoms with Crippen molar-refractivity contribution in [1.82, 2.24) is 10.3 Å². The molecule has 2 unspecified atom stereocenters. The molecule has 0 bridgehead atoms. The molecule has 2 aromatic rings. The first kappa shape index (κ1) is 15.2. The lowest BCUT2D eigenvalue weighted by atomic mass is 9.89. The van der Waals surface area contributed by atoms with Gasteiger partial charge in [-0.15, -0.1) is 0 Å². The summed E-state index contributed by atoms with van der Waals surface area (Å²) in [6.45, 7) is 0. The number of hydrogen-bond acceptors (Lipinski definition) is 4. The van der Waals surface area contributed by atoms with Gasteiger partial charge in [-0.05, 0) is 28.8 Å². The average Bonchev–Trinajstić information content (AvgIpc) is 3.28. The van der Waals surface area contributed by atoms with Gasteiger partial charge in [-0.1, -0.05) is 30.3 Å². The van der Waals surface area contributed by atoms with Crippen LogP contribution in [0, 0.1) is 0 Å². The molecule has 1 aromatic carbocycles. The molecule has 2 atom stereocenters. The molecule has 5 heteroatoms. The van der Waals surface area contributed by atoms with Gasteiger partial charge in [0.1, 0.15) is 6.04 Å². The van der Waals surface area contributed by atoms with Gasteiger partial charge in [0.15, 0.2) is 0 Å². The van der Waals surface area contributed by atoms with Crippen LogP contribution in [-0.2, 0) is 16.0 Å². The Hall–Kier alpha value is -3.05. The quantitative estimate of drug-likeness (QED) is 0.544. The van der Waals surface area contributed by atoms with Crippen LogP contribution in [-0.4, -0.2) is 24.1 Å². The molecule has 0 saturated carbocycles. The van der Waals surface area contributed by atoms with Crippen molar-refractivity contribution < 1.29 is 13.9 Å². The van der Waals surface area contributed by atoms with Crippen molar-refractivity contribution in [3.8, 4) is 11.1 Å². The summed E-state index contributed by atoms with van der Waals surface area (Å²) in [5.41, 5.74) is 6.65. The Morgan fingerprint density at radius 1 is 1.19 bits per heavy atom. The summed E-state index contributed by atoms with van der Waals surface area (Å²) >= 11 is 0. The maximum Gasteiger partial charge on any atom is 0.323 e. The molecule has 3 heterocycles. The van der Waals surface area contributed by atoms with E-state index in [1.165, 1.54) is 12.7 Å². The van der Waals surface area contributed by atoms with Crippen molar-refractivity contribution in [2.24, 2.45) is 0 Å². The average molecular weight is 346 g/mol. The molecule has 26 heavy (non-hydrogen) atoms. The number of ether oxygens (including phenoxy) is 1. The summed E-state index contributed by atoms with van der Waals surface area (Å²) in [5.74, 6) is -0.239. The Labute approximate surface area is 150 Å². The van der Waals surface area contributed by atoms with Crippen LogP contribution >= 0.6 is 0 Å². The van der Waals surface area contributed by atoms with E-state index >= 15 is 0 Å². The summed E-state index contributed by atoms with van der Waals surface area (Å²) in [6.07, 6.45) is 4.03. The fourth-order valence-electron chi connectivity index (χ4n) is 4.07. The molecule has 0 spiro atoms. The molecule has 5 nitrogen and oxygen atoms in total. The standard InChI is InChI=1S/C21H18N2O3/c1-25-21(24)18-10-16-14-4-2-3-5-17(14)22-20(16)19(23-18)15-7-6-12-11-26-9-8-13(12)15/h2-9,11,18-19,22-23H,10H2,1H3. The number of carbonyl (C=O) groups excluding carboxylic acids is 1. The Kier molecular flexibility index (Phi) is 3.36. The lowest BCUT2D eigenvalue weighted by Gasteiger charge is -2.30. The van der Waals surface area contributed by atoms with Crippen LogP contribution in [0.4, 0.5) is 0 Å². The van der Waals surface area contributed by atoms with Crippen LogP contribution < -0.4 is 5.32 Å². The van der Waals surface area contributed by atoms with Crippen LogP contribution in [0.3, 0.4) is 0 Å². The van der Waals surface area contributed by atoms with Gasteiger partial charge in [-0.25, -0.2) is 0 Å². The van der Waals surface area contributed by atoms with Crippen molar-refractivity contribution in [3.05, 3.63) is 71.8 Å². The Morgan fingerprint density at radius 3 is 2.96 bits per heavy atom. The minimum absolute atomic E-state index is 0.116. The fourth-order valence-corrected chi connectivity index (χ4v) is 4.07. The fraction of sp³-hybridized carbons (Fsp3) is 0.190. The van der Waals surface area contributed by atoms with E-state index < -0.39 is 0 Å². The lowest BCUT2D eigenvalue weighted by Crippen LogP contribution is -2.45. The first-order chi connectivity index (χ1) is 12.8. The Bertz CT molecular complexity index is 1080. The van der Waals surface area contributed by atoms with Crippen molar-refractivity contribution in [3.63, 3.8) is 0 Å². The molecule has 0 radical (unpaired) electrons. The molecule has 0 saturated heterocycles. The molecular weight excluding hydrogens is 328 g/mol. The molecule has 1 aromatic heterocycles. The number of methoxy groups -OCH3 is 1. The molecule has 3 aliphatic rings. The van der Waals surface area contributed by atoms with Gasteiger partial charge >= 0.3 is 5.97 Å². The number of benzene rings is 1. The van der Waals surface area contributed by atoms with Crippen LogP contribution in [0.5, 0.6) is 0 Å². The maximum absolute atomic E-state index is 12.3. The van der Waals surface area contributed by atoms with E-state index in [9.17, 15) is 4.79 Å². The predicted octanol–water partition coefficient (Wildman–Crippen LogP) is 3.64. The van der Waals surface area contributed by atoms with Crippen molar-refractivity contribution in [2.45, 2.75) is 18.5 Å². The number of carbonyl (C=O) groups is 1. The third-order valence-electron chi connectivity index (χ3n) is 5.28. The minimum atomic E-state index is -0.380. The molecule has 0 amide bonds. The van der Waals surface area contributed by atoms with E-state index in [1.807, 2.05) is 24.3 Å². The summed E-state index contributed by atoms with van der Waals surface area (Å²) in [5, 5.41) is 4.64. The van der Waals surface area contributed by atoms with Gasteiger partial charge in [0, 0.05) is 28.6 Å². The van der Waals surface area contributed by atoms with Gasteiger partial charge in [0.05, 0.1) is 25.7 Å². The summed E-state index contributed by atoms with van der Waals surface area (Å²) in [7, 11) is 1.43. The largest absolute Gasteiger partial charge is 0.472 e. The van der Waals surface area contributed by atoms with Gasteiger partial charge in [-0.2, -0.15) is 0 Å². The minimum Gasteiger partial charge on any atom is -0.472 e. The van der Waals surface area contributed by atoms with Gasteiger partial charge in [-0.3, -0.25) is 10.1 Å². The summed E-state index contributed by atoms with van der Waals surface area (Å²) in [4.78, 5) is 15.9. The van der Waals surface area contributed by atoms with Gasteiger partial charge < -0.3 is 14.1 Å². The number of hydrogen-bond donors (Lipinski definition) is 2. The monoisotopic (exact) mass is 346 g/mol. The van der Waals surface area contributed by atoms with E-state index in [1.54, 1.807) is 12.5 Å². The second kappa shape index (κ2) is 5.75. The number of rotatable bonds is 2. The van der Waals surface area contributed by atoms with Crippen molar-refractivity contribution in [1.29, 1.82) is 0 Å². The summed E-state index contributed by atoms with van der Waals surface area (Å²) < 4.78 is 10.3. The highest BCUT2D eigenvalue weighted by Gasteiger charge is 2.35. The van der Waals surface area contributed by atoms with E-state index in [2.05, 4.69) is 28.5 Å². The smallest absolute Gasteiger partial charge is 0.323 e. The number of aromatic amines is 1. The van der Waals surface area contributed by atoms with Crippen LogP contribution in [0.25, 0.3) is 22.0 Å². The SMILES string of the molecule is COC(=O)C1Cc2c([nH]c3ccccc23)C(c2ccc3coccc2-3)N1. The molecule has 5 rings (SSSR count). The number of H-pyrrole nitrogens is 1. The molecule has 0 fully saturated rings. The number of fused-ring (bicyclic) bond motifs is 4. The van der Waals surface area contributed by atoms with Crippen LogP contribution in [0.15, 0.2) is 59.4 Å². The van der Waals surface area contributed by atoms with E-state index in [0.717, 1.165) is 33.3 Å². The number of esters is 1. The zero-order valence-corrected chi connectivity index (χ0v) is 14.3. The highest BCUT2D eigenvalue weighted by molar-refractivity contribution is 5.87. The summed E-state index contributed by atoms with van der Waals surface area (Å²) in [6, 6.07) is 13.8. The predicted molar refractivity (Wildman–Crippen MR) is 98.1 cm³/mol. The highest BCUT2D eigenvalue weighted by atomic mass is 16.5. The van der Waals surface area contributed by atoms with Gasteiger partial charge in [0.25, 0.3) is 0 Å². The Morgan fingerprint density at radius 2 is 2.08 bits per heavy atom.